The van der Waals surface area contributed by atoms with Gasteiger partial charge in [-0.25, -0.2) is 4.98 Å². The van der Waals surface area contributed by atoms with Crippen molar-refractivity contribution >= 4 is 0 Å². The topological polar surface area (TPSA) is 57.4 Å². The predicted octanol–water partition coefficient (Wildman–Crippen LogP) is 1.38. The van der Waals surface area contributed by atoms with Crippen LogP contribution < -0.4 is 15.2 Å². The Morgan fingerprint density at radius 3 is 2.67 bits per heavy atom. The Morgan fingerprint density at radius 1 is 1.40 bits per heavy atom. The van der Waals surface area contributed by atoms with Crippen molar-refractivity contribution in [1.29, 1.82) is 0 Å². The third kappa shape index (κ3) is 3.40. The maximum Gasteiger partial charge on any atom is 0.213 e. The first-order valence-corrected chi connectivity index (χ1v) is 5.00. The summed E-state index contributed by atoms with van der Waals surface area (Å²) >= 11 is 0. The van der Waals surface area contributed by atoms with Crippen LogP contribution >= 0.6 is 0 Å². The predicted molar refractivity (Wildman–Crippen MR) is 59.3 cm³/mol. The fourth-order valence-electron chi connectivity index (χ4n) is 1.34. The van der Waals surface area contributed by atoms with Crippen LogP contribution in [0.4, 0.5) is 0 Å². The van der Waals surface area contributed by atoms with Gasteiger partial charge >= 0.3 is 0 Å². The van der Waals surface area contributed by atoms with Gasteiger partial charge in [0.05, 0.1) is 20.4 Å². The Balaban J connectivity index is 2.81. The monoisotopic (exact) mass is 210 g/mol. The average Bonchev–Trinajstić information content (AvgIpc) is 2.25. The summed E-state index contributed by atoms with van der Waals surface area (Å²) in [4.78, 5) is 4.08. The zero-order valence-corrected chi connectivity index (χ0v) is 9.49. The smallest absolute Gasteiger partial charge is 0.213 e. The molecule has 15 heavy (non-hydrogen) atoms. The van der Waals surface area contributed by atoms with Crippen LogP contribution in [0, 0.1) is 0 Å². The molecule has 1 rings (SSSR count). The number of hydrogen-bond donors (Lipinski definition) is 1. The van der Waals surface area contributed by atoms with Gasteiger partial charge in [0.25, 0.3) is 0 Å². The number of nitrogens with two attached hydrogens (primary N) is 1. The van der Waals surface area contributed by atoms with E-state index in [0.29, 0.717) is 5.88 Å². The van der Waals surface area contributed by atoms with Crippen LogP contribution in [-0.2, 0) is 6.42 Å². The quantitative estimate of drug-likeness (QED) is 0.797. The molecule has 0 saturated carbocycles. The highest BCUT2D eigenvalue weighted by atomic mass is 16.5. The van der Waals surface area contributed by atoms with Crippen molar-refractivity contribution in [3.8, 4) is 11.6 Å². The van der Waals surface area contributed by atoms with E-state index in [4.69, 9.17) is 15.2 Å². The molecular formula is C11H18N2O2. The molecule has 1 unspecified atom stereocenters. The van der Waals surface area contributed by atoms with Gasteiger partial charge in [0, 0.05) is 17.7 Å². The highest BCUT2D eigenvalue weighted by Crippen LogP contribution is 2.22. The van der Waals surface area contributed by atoms with E-state index in [0.717, 1.165) is 24.2 Å². The van der Waals surface area contributed by atoms with Crippen LogP contribution in [0.1, 0.15) is 18.9 Å². The van der Waals surface area contributed by atoms with Gasteiger partial charge in [0.1, 0.15) is 5.75 Å². The molecule has 0 aliphatic rings. The van der Waals surface area contributed by atoms with Gasteiger partial charge < -0.3 is 15.2 Å². The Labute approximate surface area is 90.4 Å². The minimum absolute atomic E-state index is 0.189. The van der Waals surface area contributed by atoms with Crippen molar-refractivity contribution in [2.75, 3.05) is 14.2 Å². The third-order valence-corrected chi connectivity index (χ3v) is 2.22. The number of nitrogens with zero attached hydrogens (tertiary/aromatic N) is 1. The first-order valence-electron chi connectivity index (χ1n) is 5.00. The van der Waals surface area contributed by atoms with E-state index < -0.39 is 0 Å². The number of ether oxygens (including phenoxy) is 2. The van der Waals surface area contributed by atoms with Gasteiger partial charge in [-0.1, -0.05) is 0 Å². The molecule has 0 bridgehead atoms. The van der Waals surface area contributed by atoms with Crippen molar-refractivity contribution < 1.29 is 9.47 Å². The number of methoxy groups -OCH3 is 2. The van der Waals surface area contributed by atoms with E-state index in [1.807, 2.05) is 13.0 Å². The Bertz CT molecular complexity index is 313. The standard InChI is InChI=1S/C11H18N2O2/c1-8(12)4-5-9-6-11(15-3)13-7-10(9)14-2/h6-8H,4-5,12H2,1-3H3. The minimum Gasteiger partial charge on any atom is -0.495 e. The molecule has 1 atom stereocenters. The lowest BCUT2D eigenvalue weighted by molar-refractivity contribution is 0.383. The summed E-state index contributed by atoms with van der Waals surface area (Å²) < 4.78 is 10.3. The SMILES string of the molecule is COc1cc(CCC(C)N)c(OC)cn1. The minimum atomic E-state index is 0.189. The van der Waals surface area contributed by atoms with E-state index >= 15 is 0 Å². The molecule has 0 fully saturated rings. The van der Waals surface area contributed by atoms with Crippen LogP contribution in [0.3, 0.4) is 0 Å². The highest BCUT2D eigenvalue weighted by molar-refractivity contribution is 5.34. The van der Waals surface area contributed by atoms with Gasteiger partial charge in [-0.2, -0.15) is 0 Å². The molecule has 0 aliphatic carbocycles. The van der Waals surface area contributed by atoms with E-state index in [2.05, 4.69) is 4.98 Å². The fourth-order valence-corrected chi connectivity index (χ4v) is 1.34. The molecule has 0 amide bonds. The van der Waals surface area contributed by atoms with Crippen molar-refractivity contribution in [2.45, 2.75) is 25.8 Å². The average molecular weight is 210 g/mol. The number of pyridine rings is 1. The van der Waals surface area contributed by atoms with Crippen molar-refractivity contribution in [1.82, 2.24) is 4.98 Å². The Kier molecular flexibility index (Phi) is 4.37. The lowest BCUT2D eigenvalue weighted by Gasteiger charge is -2.10. The van der Waals surface area contributed by atoms with Crippen LogP contribution in [0.5, 0.6) is 11.6 Å². The summed E-state index contributed by atoms with van der Waals surface area (Å²) in [5.41, 5.74) is 6.80. The number of rotatable bonds is 5. The van der Waals surface area contributed by atoms with E-state index in [1.165, 1.54) is 0 Å². The van der Waals surface area contributed by atoms with Gasteiger partial charge in [0.2, 0.25) is 5.88 Å². The second kappa shape index (κ2) is 5.56. The molecule has 2 N–H and O–H groups in total. The van der Waals surface area contributed by atoms with Gasteiger partial charge in [-0.3, -0.25) is 0 Å². The highest BCUT2D eigenvalue weighted by Gasteiger charge is 2.06. The molecule has 0 aliphatic heterocycles. The molecule has 0 saturated heterocycles. The Hall–Kier alpha value is -1.29. The molecule has 0 aromatic carbocycles. The first kappa shape index (κ1) is 11.8. The zero-order valence-electron chi connectivity index (χ0n) is 9.49. The van der Waals surface area contributed by atoms with Gasteiger partial charge in [-0.15, -0.1) is 0 Å². The summed E-state index contributed by atoms with van der Waals surface area (Å²) in [6.07, 6.45) is 3.47. The lowest BCUT2D eigenvalue weighted by Crippen LogP contribution is -2.15. The third-order valence-electron chi connectivity index (χ3n) is 2.22. The van der Waals surface area contributed by atoms with Crippen molar-refractivity contribution in [3.63, 3.8) is 0 Å². The van der Waals surface area contributed by atoms with Crippen LogP contribution in [0.15, 0.2) is 12.3 Å². The van der Waals surface area contributed by atoms with Gasteiger partial charge in [0.15, 0.2) is 0 Å². The summed E-state index contributed by atoms with van der Waals surface area (Å²) in [6, 6.07) is 2.08. The van der Waals surface area contributed by atoms with E-state index in [1.54, 1.807) is 20.4 Å². The fraction of sp³-hybridized carbons (Fsp3) is 0.545. The molecule has 1 aromatic rings. The second-order valence-electron chi connectivity index (χ2n) is 3.55. The molecule has 1 heterocycles. The lowest BCUT2D eigenvalue weighted by atomic mass is 10.1. The zero-order chi connectivity index (χ0) is 11.3. The summed E-state index contributed by atoms with van der Waals surface area (Å²) in [5.74, 6) is 1.40. The summed E-state index contributed by atoms with van der Waals surface area (Å²) in [5, 5.41) is 0. The van der Waals surface area contributed by atoms with Crippen LogP contribution in [-0.4, -0.2) is 25.2 Å². The number of aromatic nitrogens is 1. The van der Waals surface area contributed by atoms with Crippen LogP contribution in [0.25, 0.3) is 0 Å². The van der Waals surface area contributed by atoms with E-state index in [-0.39, 0.29) is 6.04 Å². The molecule has 4 heteroatoms. The maximum absolute atomic E-state index is 5.71. The number of aryl methyl sites for hydroxylation is 1. The van der Waals surface area contributed by atoms with Crippen molar-refractivity contribution in [2.24, 2.45) is 5.73 Å². The van der Waals surface area contributed by atoms with Gasteiger partial charge in [-0.05, 0) is 19.8 Å². The molecule has 4 nitrogen and oxygen atoms in total. The molecule has 1 aromatic heterocycles. The normalized spacial score (nSPS) is 12.3. The largest absolute Gasteiger partial charge is 0.495 e. The van der Waals surface area contributed by atoms with Crippen LogP contribution in [0.2, 0.25) is 0 Å². The summed E-state index contributed by atoms with van der Waals surface area (Å²) in [6.45, 7) is 1.99. The van der Waals surface area contributed by atoms with Crippen molar-refractivity contribution in [3.05, 3.63) is 17.8 Å². The molecule has 84 valence electrons. The second-order valence-corrected chi connectivity index (χ2v) is 3.55. The molecule has 0 spiro atoms. The summed E-state index contributed by atoms with van der Waals surface area (Å²) in [7, 11) is 3.24. The first-order chi connectivity index (χ1) is 7.17. The Morgan fingerprint density at radius 2 is 2.13 bits per heavy atom. The molecule has 0 radical (unpaired) electrons. The number of hydrogen-bond acceptors (Lipinski definition) is 4. The van der Waals surface area contributed by atoms with E-state index in [9.17, 15) is 0 Å². The molecular weight excluding hydrogens is 192 g/mol. The maximum atomic E-state index is 5.71.